The second-order valence-corrected chi connectivity index (χ2v) is 2.53. The number of carbonyl (C=O) groups is 2. The van der Waals surface area contributed by atoms with Crippen molar-refractivity contribution in [3.63, 3.8) is 0 Å². The Hall–Kier alpha value is -2.10. The maximum atomic E-state index is 11.0. The van der Waals surface area contributed by atoms with Crippen LogP contribution in [-0.4, -0.2) is 17.3 Å². The van der Waals surface area contributed by atoms with Crippen LogP contribution in [0.15, 0.2) is 36.4 Å². The highest BCUT2D eigenvalue weighted by molar-refractivity contribution is 6.01. The molecule has 0 aliphatic rings. The first-order valence-corrected chi connectivity index (χ1v) is 3.94. The Labute approximate surface area is 80.9 Å². The summed E-state index contributed by atoms with van der Waals surface area (Å²) in [6.45, 7) is 0. The molecule has 4 nitrogen and oxygen atoms in total. The van der Waals surface area contributed by atoms with Crippen LogP contribution in [-0.2, 0) is 9.59 Å². The molecule has 0 aliphatic carbocycles. The predicted molar refractivity (Wildman–Crippen MR) is 51.9 cm³/mol. The number of allylic oxidation sites excluding steroid dienone is 1. The van der Waals surface area contributed by atoms with Crippen LogP contribution < -0.4 is 5.32 Å². The zero-order valence-corrected chi connectivity index (χ0v) is 7.31. The zero-order valence-electron chi connectivity index (χ0n) is 7.31. The number of benzene rings is 1. The van der Waals surface area contributed by atoms with Gasteiger partial charge in [-0.05, 0) is 18.2 Å². The third kappa shape index (κ3) is 3.10. The van der Waals surface area contributed by atoms with Crippen molar-refractivity contribution < 1.29 is 14.7 Å². The lowest BCUT2D eigenvalue weighted by atomic mass is 10.3. The lowest BCUT2D eigenvalue weighted by molar-refractivity contribution is -0.112. The minimum absolute atomic E-state index is 0.0715. The van der Waals surface area contributed by atoms with E-state index in [1.807, 2.05) is 0 Å². The van der Waals surface area contributed by atoms with Crippen LogP contribution in [0, 0.1) is 0 Å². The summed E-state index contributed by atoms with van der Waals surface area (Å²) >= 11 is 0. The predicted octanol–water partition coefficient (Wildman–Crippen LogP) is 1.09. The summed E-state index contributed by atoms with van der Waals surface area (Å²) in [4.78, 5) is 21.0. The van der Waals surface area contributed by atoms with Gasteiger partial charge in [-0.25, -0.2) is 0 Å². The van der Waals surface area contributed by atoms with E-state index in [0.29, 0.717) is 12.0 Å². The second-order valence-electron chi connectivity index (χ2n) is 2.53. The van der Waals surface area contributed by atoms with Gasteiger partial charge in [0.15, 0.2) is 0 Å². The molecular formula is C10H9NO3. The van der Waals surface area contributed by atoms with E-state index in [9.17, 15) is 9.59 Å². The van der Waals surface area contributed by atoms with Crippen LogP contribution in [0.25, 0.3) is 0 Å². The van der Waals surface area contributed by atoms with Gasteiger partial charge in [-0.3, -0.25) is 9.59 Å². The molecule has 2 N–H and O–H groups in total. The fraction of sp³-hybridized carbons (Fsp3) is 0. The van der Waals surface area contributed by atoms with Crippen molar-refractivity contribution in [2.45, 2.75) is 0 Å². The van der Waals surface area contributed by atoms with Crippen LogP contribution in [0.4, 0.5) is 5.69 Å². The van der Waals surface area contributed by atoms with Crippen LogP contribution >= 0.6 is 0 Å². The quantitative estimate of drug-likeness (QED) is 0.555. The average molecular weight is 191 g/mol. The highest BCUT2D eigenvalue weighted by atomic mass is 16.3. The van der Waals surface area contributed by atoms with Gasteiger partial charge in [0.05, 0.1) is 0 Å². The number of amides is 1. The zero-order chi connectivity index (χ0) is 10.4. The van der Waals surface area contributed by atoms with E-state index in [1.54, 1.807) is 12.1 Å². The van der Waals surface area contributed by atoms with E-state index in [-0.39, 0.29) is 5.75 Å². The van der Waals surface area contributed by atoms with Crippen molar-refractivity contribution in [3.8, 4) is 5.75 Å². The molecule has 14 heavy (non-hydrogen) atoms. The molecule has 0 aliphatic heterocycles. The first-order chi connectivity index (χ1) is 6.72. The number of phenols is 1. The molecule has 0 heterocycles. The molecular weight excluding hydrogens is 182 g/mol. The SMILES string of the molecule is O=C/C=C\C(=O)Nc1cccc(O)c1. The van der Waals surface area contributed by atoms with E-state index in [4.69, 9.17) is 5.11 Å². The summed E-state index contributed by atoms with van der Waals surface area (Å²) in [5.74, 6) is -0.343. The third-order valence-corrected chi connectivity index (χ3v) is 1.44. The molecule has 1 aromatic carbocycles. The van der Waals surface area contributed by atoms with Gasteiger partial charge in [-0.1, -0.05) is 6.07 Å². The van der Waals surface area contributed by atoms with Gasteiger partial charge in [0.25, 0.3) is 0 Å². The number of hydrogen-bond donors (Lipinski definition) is 2. The van der Waals surface area contributed by atoms with E-state index >= 15 is 0 Å². The fourth-order valence-corrected chi connectivity index (χ4v) is 0.894. The first-order valence-electron chi connectivity index (χ1n) is 3.94. The molecule has 1 amide bonds. The lowest BCUT2D eigenvalue weighted by Gasteiger charge is -2.01. The molecule has 0 saturated carbocycles. The summed E-state index contributed by atoms with van der Waals surface area (Å²) in [6.07, 6.45) is 2.72. The Balaban J connectivity index is 2.64. The topological polar surface area (TPSA) is 66.4 Å². The summed E-state index contributed by atoms with van der Waals surface area (Å²) in [5, 5.41) is 11.5. The number of hydrogen-bond acceptors (Lipinski definition) is 3. The third-order valence-electron chi connectivity index (χ3n) is 1.44. The van der Waals surface area contributed by atoms with E-state index in [2.05, 4.69) is 5.32 Å². The highest BCUT2D eigenvalue weighted by Crippen LogP contribution is 2.14. The van der Waals surface area contributed by atoms with Gasteiger partial charge in [0.2, 0.25) is 5.91 Å². The average Bonchev–Trinajstić information content (AvgIpc) is 2.15. The Morgan fingerprint density at radius 2 is 2.21 bits per heavy atom. The molecule has 0 spiro atoms. The Morgan fingerprint density at radius 3 is 2.86 bits per heavy atom. The minimum Gasteiger partial charge on any atom is -0.508 e. The normalized spacial score (nSPS) is 10.0. The van der Waals surface area contributed by atoms with Crippen molar-refractivity contribution >= 4 is 17.9 Å². The van der Waals surface area contributed by atoms with E-state index < -0.39 is 5.91 Å². The van der Waals surface area contributed by atoms with Gasteiger partial charge in [-0.15, -0.1) is 0 Å². The molecule has 0 fully saturated rings. The molecule has 0 radical (unpaired) electrons. The summed E-state index contributed by atoms with van der Waals surface area (Å²) in [5.41, 5.74) is 0.477. The van der Waals surface area contributed by atoms with Gasteiger partial charge >= 0.3 is 0 Å². The number of nitrogens with one attached hydrogen (secondary N) is 1. The molecule has 1 aromatic rings. The first kappa shape index (κ1) is 9.98. The lowest BCUT2D eigenvalue weighted by Crippen LogP contribution is -2.07. The van der Waals surface area contributed by atoms with Gasteiger partial charge < -0.3 is 10.4 Å². The van der Waals surface area contributed by atoms with Crippen molar-refractivity contribution in [3.05, 3.63) is 36.4 Å². The molecule has 1 rings (SSSR count). The summed E-state index contributed by atoms with van der Waals surface area (Å²) < 4.78 is 0. The Kier molecular flexibility index (Phi) is 3.43. The number of phenolic OH excluding ortho intramolecular Hbond substituents is 1. The van der Waals surface area contributed by atoms with Crippen LogP contribution in [0.3, 0.4) is 0 Å². The van der Waals surface area contributed by atoms with Crippen molar-refractivity contribution in [2.75, 3.05) is 5.32 Å². The Bertz CT molecular complexity index is 371. The standard InChI is InChI=1S/C10H9NO3/c12-6-2-5-10(14)11-8-3-1-4-9(13)7-8/h1-7,13H,(H,11,14)/b5-2-. The molecule has 0 unspecified atom stereocenters. The smallest absolute Gasteiger partial charge is 0.248 e. The monoisotopic (exact) mass is 191 g/mol. The van der Waals surface area contributed by atoms with E-state index in [0.717, 1.165) is 12.2 Å². The van der Waals surface area contributed by atoms with Crippen molar-refractivity contribution in [1.82, 2.24) is 0 Å². The molecule has 0 aromatic heterocycles. The number of rotatable bonds is 3. The number of anilines is 1. The Morgan fingerprint density at radius 1 is 1.43 bits per heavy atom. The molecule has 0 bridgehead atoms. The maximum Gasteiger partial charge on any atom is 0.248 e. The van der Waals surface area contributed by atoms with Gasteiger partial charge in [0, 0.05) is 17.8 Å². The number of carbonyl (C=O) groups excluding carboxylic acids is 2. The van der Waals surface area contributed by atoms with Gasteiger partial charge in [-0.2, -0.15) is 0 Å². The van der Waals surface area contributed by atoms with Gasteiger partial charge in [0.1, 0.15) is 12.0 Å². The van der Waals surface area contributed by atoms with Crippen molar-refractivity contribution in [1.29, 1.82) is 0 Å². The van der Waals surface area contributed by atoms with Crippen molar-refractivity contribution in [2.24, 2.45) is 0 Å². The summed E-state index contributed by atoms with van der Waals surface area (Å²) in [6, 6.07) is 6.14. The maximum absolute atomic E-state index is 11.0. The highest BCUT2D eigenvalue weighted by Gasteiger charge is 1.97. The molecule has 4 heteroatoms. The van der Waals surface area contributed by atoms with E-state index in [1.165, 1.54) is 12.1 Å². The minimum atomic E-state index is -0.414. The largest absolute Gasteiger partial charge is 0.508 e. The molecule has 0 saturated heterocycles. The molecule has 72 valence electrons. The van der Waals surface area contributed by atoms with Crippen LogP contribution in [0.2, 0.25) is 0 Å². The van der Waals surface area contributed by atoms with Crippen LogP contribution in [0.1, 0.15) is 0 Å². The number of aromatic hydroxyl groups is 1. The second kappa shape index (κ2) is 4.81. The summed E-state index contributed by atoms with van der Waals surface area (Å²) in [7, 11) is 0. The number of aldehydes is 1. The fourth-order valence-electron chi connectivity index (χ4n) is 0.894. The molecule has 0 atom stereocenters. The van der Waals surface area contributed by atoms with Crippen LogP contribution in [0.5, 0.6) is 5.75 Å².